The van der Waals surface area contributed by atoms with Gasteiger partial charge < -0.3 is 24.1 Å². The molecule has 0 aliphatic carbocycles. The summed E-state index contributed by atoms with van der Waals surface area (Å²) in [6, 6.07) is 6.40. The number of benzene rings is 1. The predicted octanol–water partition coefficient (Wildman–Crippen LogP) is 5.27. The van der Waals surface area contributed by atoms with Crippen LogP contribution in [0.25, 0.3) is 0 Å². The molecule has 1 N–H and O–H groups in total. The first-order chi connectivity index (χ1) is 16.7. The number of hydrogen-bond donors (Lipinski definition) is 1. The first-order valence-electron chi connectivity index (χ1n) is 13.3. The fraction of sp³-hybridized carbons (Fsp3) is 0.778. The standard InChI is InChI=1S/C27H44O7S/c1-5-6-7-8-9-10-11-12-13-14-19-31-26-24-22(33-27(3,4)34-24)23(32-26)25(28)35(29,30)21-17-15-20(2)16-18-21/h15-18,22-26,28H,5-14,19H2,1-4H3/t22-,23-,24-,25?,26-/m0/s1. The molecule has 35 heavy (non-hydrogen) atoms. The van der Waals surface area contributed by atoms with Crippen LogP contribution in [0.15, 0.2) is 29.2 Å². The molecule has 0 spiro atoms. The van der Waals surface area contributed by atoms with Crippen LogP contribution in [-0.4, -0.2) is 56.0 Å². The van der Waals surface area contributed by atoms with E-state index in [9.17, 15) is 13.5 Å². The smallest absolute Gasteiger partial charge is 0.207 e. The Morgan fingerprint density at radius 3 is 2.06 bits per heavy atom. The molecule has 1 aromatic rings. The second-order valence-corrected chi connectivity index (χ2v) is 12.4. The van der Waals surface area contributed by atoms with Gasteiger partial charge in [-0.05, 0) is 39.3 Å². The molecule has 200 valence electrons. The fourth-order valence-corrected chi connectivity index (χ4v) is 6.15. The average molecular weight is 513 g/mol. The quantitative estimate of drug-likeness (QED) is 0.320. The van der Waals surface area contributed by atoms with Gasteiger partial charge in [0.15, 0.2) is 17.5 Å². The van der Waals surface area contributed by atoms with Crippen molar-refractivity contribution in [3.05, 3.63) is 29.8 Å². The molecule has 8 heteroatoms. The number of hydrogen-bond acceptors (Lipinski definition) is 7. The van der Waals surface area contributed by atoms with E-state index in [1.165, 1.54) is 63.5 Å². The number of unbranched alkanes of at least 4 members (excludes halogenated alkanes) is 9. The monoisotopic (exact) mass is 512 g/mol. The number of fused-ring (bicyclic) bond motifs is 1. The van der Waals surface area contributed by atoms with E-state index in [4.69, 9.17) is 18.9 Å². The van der Waals surface area contributed by atoms with Crippen LogP contribution in [0.3, 0.4) is 0 Å². The first-order valence-corrected chi connectivity index (χ1v) is 14.8. The van der Waals surface area contributed by atoms with Crippen molar-refractivity contribution in [1.82, 2.24) is 0 Å². The summed E-state index contributed by atoms with van der Waals surface area (Å²) < 4.78 is 49.9. The van der Waals surface area contributed by atoms with Crippen LogP contribution >= 0.6 is 0 Å². The number of rotatable bonds is 15. The van der Waals surface area contributed by atoms with Crippen LogP contribution in [0.2, 0.25) is 0 Å². The zero-order valence-corrected chi connectivity index (χ0v) is 22.6. The Bertz CT molecular complexity index is 868. The Labute approximate surface area is 211 Å². The number of aliphatic hydroxyl groups excluding tert-OH is 1. The highest BCUT2D eigenvalue weighted by atomic mass is 32.2. The first kappa shape index (κ1) is 28.5. The van der Waals surface area contributed by atoms with E-state index in [0.717, 1.165) is 18.4 Å². The predicted molar refractivity (Wildman–Crippen MR) is 135 cm³/mol. The van der Waals surface area contributed by atoms with Crippen LogP contribution in [0.1, 0.15) is 90.5 Å². The Morgan fingerprint density at radius 1 is 0.914 bits per heavy atom. The van der Waals surface area contributed by atoms with Crippen LogP contribution < -0.4 is 0 Å². The fourth-order valence-electron chi connectivity index (χ4n) is 4.79. The highest BCUT2D eigenvalue weighted by Crippen LogP contribution is 2.41. The molecular weight excluding hydrogens is 468 g/mol. The summed E-state index contributed by atoms with van der Waals surface area (Å²) in [6.45, 7) is 8.13. The largest absolute Gasteiger partial charge is 0.375 e. The number of ether oxygens (including phenoxy) is 4. The minimum absolute atomic E-state index is 0.0451. The molecule has 1 aromatic carbocycles. The lowest BCUT2D eigenvalue weighted by Crippen LogP contribution is -2.42. The van der Waals surface area contributed by atoms with E-state index in [1.807, 2.05) is 6.92 Å². The summed E-state index contributed by atoms with van der Waals surface area (Å²) in [4.78, 5) is 0.0451. The van der Waals surface area contributed by atoms with Crippen molar-refractivity contribution in [2.24, 2.45) is 0 Å². The third-order valence-corrected chi connectivity index (χ3v) is 8.61. The molecule has 0 saturated carbocycles. The van der Waals surface area contributed by atoms with Gasteiger partial charge in [-0.25, -0.2) is 8.42 Å². The van der Waals surface area contributed by atoms with Crippen molar-refractivity contribution in [2.75, 3.05) is 6.61 Å². The van der Waals surface area contributed by atoms with E-state index in [-0.39, 0.29) is 4.90 Å². The highest BCUT2D eigenvalue weighted by molar-refractivity contribution is 7.92. The van der Waals surface area contributed by atoms with Crippen molar-refractivity contribution in [2.45, 2.75) is 133 Å². The lowest BCUT2D eigenvalue weighted by molar-refractivity contribution is -0.238. The Morgan fingerprint density at radius 2 is 1.46 bits per heavy atom. The topological polar surface area (TPSA) is 91.3 Å². The molecule has 2 saturated heterocycles. The summed E-state index contributed by atoms with van der Waals surface area (Å²) in [5.41, 5.74) is -0.855. The molecule has 2 fully saturated rings. The molecule has 0 aromatic heterocycles. The molecule has 2 aliphatic rings. The van der Waals surface area contributed by atoms with E-state index in [2.05, 4.69) is 6.92 Å². The Balaban J connectivity index is 1.49. The molecular formula is C27H44O7S. The molecule has 1 unspecified atom stereocenters. The third kappa shape index (κ3) is 7.73. The maximum atomic E-state index is 13.1. The third-order valence-electron chi connectivity index (χ3n) is 6.78. The zero-order chi connectivity index (χ0) is 25.5. The number of aryl methyl sites for hydroxylation is 1. The molecule has 0 bridgehead atoms. The van der Waals surface area contributed by atoms with Gasteiger partial charge in [-0.3, -0.25) is 0 Å². The van der Waals surface area contributed by atoms with Crippen molar-refractivity contribution in [3.8, 4) is 0 Å². The van der Waals surface area contributed by atoms with Crippen LogP contribution in [-0.2, 0) is 28.8 Å². The number of sulfone groups is 1. The van der Waals surface area contributed by atoms with Gasteiger partial charge in [0, 0.05) is 6.61 Å². The molecule has 0 amide bonds. The van der Waals surface area contributed by atoms with E-state index in [1.54, 1.807) is 26.0 Å². The molecule has 2 heterocycles. The van der Waals surface area contributed by atoms with Crippen molar-refractivity contribution < 1.29 is 32.5 Å². The van der Waals surface area contributed by atoms with Crippen LogP contribution in [0.5, 0.6) is 0 Å². The van der Waals surface area contributed by atoms with Gasteiger partial charge in [0.1, 0.15) is 18.3 Å². The van der Waals surface area contributed by atoms with Crippen molar-refractivity contribution in [3.63, 3.8) is 0 Å². The minimum atomic E-state index is -4.04. The summed E-state index contributed by atoms with van der Waals surface area (Å²) in [5, 5.41) is 10.9. The average Bonchev–Trinajstić information content (AvgIpc) is 3.30. The lowest BCUT2D eigenvalue weighted by Gasteiger charge is -2.26. The van der Waals surface area contributed by atoms with Crippen LogP contribution in [0, 0.1) is 6.92 Å². The van der Waals surface area contributed by atoms with E-state index < -0.39 is 45.7 Å². The van der Waals surface area contributed by atoms with Gasteiger partial charge in [0.2, 0.25) is 9.84 Å². The molecule has 5 atom stereocenters. The van der Waals surface area contributed by atoms with Crippen LogP contribution in [0.4, 0.5) is 0 Å². The van der Waals surface area contributed by atoms with Crippen molar-refractivity contribution >= 4 is 9.84 Å². The van der Waals surface area contributed by atoms with Gasteiger partial charge in [0.25, 0.3) is 0 Å². The summed E-state index contributed by atoms with van der Waals surface area (Å²) in [7, 11) is -4.04. The SMILES string of the molecule is CCCCCCCCCCCCO[C@H]1O[C@H](C(O)S(=O)(=O)c2ccc(C)cc2)[C@@H]2OC(C)(C)O[C@H]12. The van der Waals surface area contributed by atoms with Gasteiger partial charge in [-0.1, -0.05) is 82.4 Å². The maximum absolute atomic E-state index is 13.1. The summed E-state index contributed by atoms with van der Waals surface area (Å²) >= 11 is 0. The molecule has 7 nitrogen and oxygen atoms in total. The minimum Gasteiger partial charge on any atom is -0.375 e. The van der Waals surface area contributed by atoms with Crippen molar-refractivity contribution in [1.29, 1.82) is 0 Å². The van der Waals surface area contributed by atoms with E-state index >= 15 is 0 Å². The second kappa shape index (κ2) is 13.0. The Kier molecular flexibility index (Phi) is 10.6. The normalized spacial score (nSPS) is 26.7. The summed E-state index contributed by atoms with van der Waals surface area (Å²) in [5.74, 6) is -0.913. The van der Waals surface area contributed by atoms with Gasteiger partial charge >= 0.3 is 0 Å². The molecule has 3 rings (SSSR count). The maximum Gasteiger partial charge on any atom is 0.207 e. The second-order valence-electron chi connectivity index (χ2n) is 10.3. The highest BCUT2D eigenvalue weighted by Gasteiger charge is 2.59. The molecule has 2 aliphatic heterocycles. The van der Waals surface area contributed by atoms with E-state index in [0.29, 0.717) is 6.61 Å². The molecule has 0 radical (unpaired) electrons. The summed E-state index contributed by atoms with van der Waals surface area (Å²) in [6.07, 6.45) is 9.07. The van der Waals surface area contributed by atoms with Gasteiger partial charge in [-0.2, -0.15) is 0 Å². The Hall–Kier alpha value is -1.03. The number of aliphatic hydroxyl groups is 1. The van der Waals surface area contributed by atoms with Gasteiger partial charge in [-0.15, -0.1) is 0 Å². The van der Waals surface area contributed by atoms with Gasteiger partial charge in [0.05, 0.1) is 4.90 Å². The zero-order valence-electron chi connectivity index (χ0n) is 21.8. The lowest BCUT2D eigenvalue weighted by atomic mass is 10.1.